The van der Waals surface area contributed by atoms with Crippen LogP contribution in [-0.2, 0) is 39.9 Å². The van der Waals surface area contributed by atoms with E-state index in [-0.39, 0.29) is 38.5 Å². The van der Waals surface area contributed by atoms with Crippen molar-refractivity contribution >= 4 is 29.7 Å². The molecule has 0 aromatic heterocycles. The lowest BCUT2D eigenvalue weighted by Gasteiger charge is -2.26. The molecule has 0 bridgehead atoms. The maximum Gasteiger partial charge on any atom is 0.329 e. The highest BCUT2D eigenvalue weighted by molar-refractivity contribution is 5.94. The number of hydrogen-bond donors (Lipinski definition) is 4. The summed E-state index contributed by atoms with van der Waals surface area (Å²) in [4.78, 5) is 62.6. The zero-order valence-corrected chi connectivity index (χ0v) is 21.4. The van der Waals surface area contributed by atoms with Gasteiger partial charge in [0.1, 0.15) is 18.1 Å². The fourth-order valence-electron chi connectivity index (χ4n) is 3.38. The Labute approximate surface area is 211 Å². The number of nitrogens with one attached hydrogen (secondary N) is 3. The van der Waals surface area contributed by atoms with E-state index in [1.54, 1.807) is 13.8 Å². The summed E-state index contributed by atoms with van der Waals surface area (Å²) >= 11 is 0. The second-order valence-electron chi connectivity index (χ2n) is 8.53. The van der Waals surface area contributed by atoms with Crippen molar-refractivity contribution < 1.29 is 33.4 Å². The molecule has 0 aliphatic carbocycles. The highest BCUT2D eigenvalue weighted by Crippen LogP contribution is 2.09. The third kappa shape index (κ3) is 11.3. The SMILES string of the molecule is CCOC(=O)C[C@H](NC(=O)[C@H](CC(C)C)NC(=O)[C@H](Cc1ccccc1)NC(=O)CN)C(=O)OCC. The van der Waals surface area contributed by atoms with Crippen molar-refractivity contribution in [3.63, 3.8) is 0 Å². The standard InChI is InChI=1S/C25H38N4O7/c1-5-35-22(31)14-20(25(34)36-6-2)29-23(32)18(12-16(3)4)28-24(33)19(27-21(30)15-26)13-17-10-8-7-9-11-17/h7-11,16,18-20H,5-6,12-15,26H2,1-4H3,(H,27,30)(H,28,33)(H,29,32)/t18-,19-,20-/m0/s1. The van der Waals surface area contributed by atoms with Crippen LogP contribution in [0.25, 0.3) is 0 Å². The summed E-state index contributed by atoms with van der Waals surface area (Å²) in [5.41, 5.74) is 6.21. The molecule has 0 fully saturated rings. The van der Waals surface area contributed by atoms with Crippen molar-refractivity contribution in [3.05, 3.63) is 35.9 Å². The fraction of sp³-hybridized carbons (Fsp3) is 0.560. The van der Waals surface area contributed by atoms with Crippen molar-refractivity contribution in [2.24, 2.45) is 11.7 Å². The molecule has 0 aliphatic heterocycles. The van der Waals surface area contributed by atoms with Gasteiger partial charge in [0.25, 0.3) is 0 Å². The molecule has 1 aromatic rings. The number of ether oxygens (including phenoxy) is 2. The lowest BCUT2D eigenvalue weighted by atomic mass is 10.0. The molecular weight excluding hydrogens is 468 g/mol. The highest BCUT2D eigenvalue weighted by atomic mass is 16.5. The number of benzene rings is 1. The van der Waals surface area contributed by atoms with E-state index in [1.165, 1.54) is 0 Å². The summed E-state index contributed by atoms with van der Waals surface area (Å²) in [5, 5.41) is 7.77. The molecule has 0 aliphatic rings. The van der Waals surface area contributed by atoms with E-state index in [4.69, 9.17) is 15.2 Å². The number of amides is 3. The summed E-state index contributed by atoms with van der Waals surface area (Å²) in [7, 11) is 0. The fourth-order valence-corrected chi connectivity index (χ4v) is 3.38. The molecule has 1 rings (SSSR count). The Morgan fingerprint density at radius 3 is 1.97 bits per heavy atom. The monoisotopic (exact) mass is 506 g/mol. The number of carbonyl (C=O) groups excluding carboxylic acids is 5. The second kappa shape index (κ2) is 16.2. The van der Waals surface area contributed by atoms with E-state index in [9.17, 15) is 24.0 Å². The predicted octanol–water partition coefficient (Wildman–Crippen LogP) is 0.205. The molecule has 36 heavy (non-hydrogen) atoms. The number of carbonyl (C=O) groups is 5. The second-order valence-corrected chi connectivity index (χ2v) is 8.53. The average Bonchev–Trinajstić information content (AvgIpc) is 2.83. The molecule has 200 valence electrons. The van der Waals surface area contributed by atoms with Crippen molar-refractivity contribution in [3.8, 4) is 0 Å². The van der Waals surface area contributed by atoms with E-state index >= 15 is 0 Å². The van der Waals surface area contributed by atoms with E-state index in [1.807, 2.05) is 44.2 Å². The van der Waals surface area contributed by atoms with E-state index in [0.29, 0.717) is 0 Å². The maximum absolute atomic E-state index is 13.2. The van der Waals surface area contributed by atoms with Crippen LogP contribution in [0.4, 0.5) is 0 Å². The Morgan fingerprint density at radius 1 is 0.833 bits per heavy atom. The third-order valence-corrected chi connectivity index (χ3v) is 5.02. The first kappa shape index (κ1) is 30.6. The first-order valence-corrected chi connectivity index (χ1v) is 12.1. The highest BCUT2D eigenvalue weighted by Gasteiger charge is 2.32. The van der Waals surface area contributed by atoms with Gasteiger partial charge in [-0.3, -0.25) is 19.2 Å². The van der Waals surface area contributed by atoms with Crippen LogP contribution < -0.4 is 21.7 Å². The van der Waals surface area contributed by atoms with Crippen LogP contribution in [-0.4, -0.2) is 67.5 Å². The summed E-state index contributed by atoms with van der Waals surface area (Å²) < 4.78 is 9.87. The van der Waals surface area contributed by atoms with Gasteiger partial charge < -0.3 is 31.2 Å². The molecular formula is C25H38N4O7. The summed E-state index contributed by atoms with van der Waals surface area (Å²) in [5.74, 6) is -3.23. The maximum atomic E-state index is 13.2. The van der Waals surface area contributed by atoms with Gasteiger partial charge in [-0.15, -0.1) is 0 Å². The topological polar surface area (TPSA) is 166 Å². The largest absolute Gasteiger partial charge is 0.466 e. The van der Waals surface area contributed by atoms with Gasteiger partial charge in [0.2, 0.25) is 17.7 Å². The molecule has 3 atom stereocenters. The van der Waals surface area contributed by atoms with Crippen LogP contribution in [0.5, 0.6) is 0 Å². The molecule has 0 unspecified atom stereocenters. The van der Waals surface area contributed by atoms with Crippen molar-refractivity contribution in [1.29, 1.82) is 0 Å². The molecule has 0 saturated carbocycles. The van der Waals surface area contributed by atoms with Gasteiger partial charge in [-0.25, -0.2) is 4.79 Å². The number of nitrogens with two attached hydrogens (primary N) is 1. The van der Waals surface area contributed by atoms with Crippen molar-refractivity contribution in [2.45, 2.75) is 65.1 Å². The molecule has 0 saturated heterocycles. The molecule has 11 heteroatoms. The third-order valence-electron chi connectivity index (χ3n) is 5.02. The molecule has 11 nitrogen and oxygen atoms in total. The van der Waals surface area contributed by atoms with E-state index < -0.39 is 54.2 Å². The molecule has 3 amide bonds. The molecule has 0 heterocycles. The van der Waals surface area contributed by atoms with Crippen LogP contribution in [0, 0.1) is 5.92 Å². The van der Waals surface area contributed by atoms with Crippen LogP contribution in [0.15, 0.2) is 30.3 Å². The first-order chi connectivity index (χ1) is 17.1. The van der Waals surface area contributed by atoms with Crippen molar-refractivity contribution in [1.82, 2.24) is 16.0 Å². The predicted molar refractivity (Wildman–Crippen MR) is 132 cm³/mol. The van der Waals surface area contributed by atoms with Gasteiger partial charge in [0.05, 0.1) is 26.2 Å². The Kier molecular flexibility index (Phi) is 13.8. The first-order valence-electron chi connectivity index (χ1n) is 12.1. The average molecular weight is 507 g/mol. The van der Waals surface area contributed by atoms with Gasteiger partial charge in [0, 0.05) is 6.42 Å². The molecule has 0 radical (unpaired) electrons. The molecule has 0 spiro atoms. The van der Waals surface area contributed by atoms with Gasteiger partial charge in [-0.1, -0.05) is 44.2 Å². The van der Waals surface area contributed by atoms with Gasteiger partial charge in [-0.05, 0) is 31.7 Å². The molecule has 5 N–H and O–H groups in total. The normalized spacial score (nSPS) is 13.2. The smallest absolute Gasteiger partial charge is 0.329 e. The van der Waals surface area contributed by atoms with E-state index in [2.05, 4.69) is 16.0 Å². The van der Waals surface area contributed by atoms with Crippen LogP contribution >= 0.6 is 0 Å². The quantitative estimate of drug-likeness (QED) is 0.245. The lowest BCUT2D eigenvalue weighted by molar-refractivity contribution is -0.153. The summed E-state index contributed by atoms with van der Waals surface area (Å²) in [6.07, 6.45) is 0.0160. The lowest BCUT2D eigenvalue weighted by Crippen LogP contribution is -2.57. The van der Waals surface area contributed by atoms with Gasteiger partial charge in [-0.2, -0.15) is 0 Å². The zero-order valence-electron chi connectivity index (χ0n) is 21.4. The van der Waals surface area contributed by atoms with E-state index in [0.717, 1.165) is 5.56 Å². The van der Waals surface area contributed by atoms with Gasteiger partial charge in [0.15, 0.2) is 0 Å². The Balaban J connectivity index is 3.07. The minimum Gasteiger partial charge on any atom is -0.466 e. The Hall–Kier alpha value is -3.47. The Morgan fingerprint density at radius 2 is 1.42 bits per heavy atom. The van der Waals surface area contributed by atoms with Crippen LogP contribution in [0.3, 0.4) is 0 Å². The summed E-state index contributed by atoms with van der Waals surface area (Å²) in [6.45, 7) is 6.83. The Bertz CT molecular complexity index is 876. The van der Waals surface area contributed by atoms with Crippen LogP contribution in [0.1, 0.15) is 46.1 Å². The van der Waals surface area contributed by atoms with Gasteiger partial charge >= 0.3 is 11.9 Å². The number of hydrogen-bond acceptors (Lipinski definition) is 8. The minimum absolute atomic E-state index is 0.00152. The van der Waals surface area contributed by atoms with Crippen molar-refractivity contribution in [2.75, 3.05) is 19.8 Å². The number of rotatable bonds is 15. The summed E-state index contributed by atoms with van der Waals surface area (Å²) in [6, 6.07) is 5.78. The molecule has 1 aromatic carbocycles. The minimum atomic E-state index is -1.28. The number of esters is 2. The van der Waals surface area contributed by atoms with Crippen LogP contribution in [0.2, 0.25) is 0 Å². The zero-order chi connectivity index (χ0) is 27.1.